The fraction of sp³-hybridized carbons (Fsp3) is 0.280. The monoisotopic (exact) mass is 448 g/mol. The third-order valence-electron chi connectivity index (χ3n) is 5.08. The Bertz CT molecular complexity index is 1080. The highest BCUT2D eigenvalue weighted by atomic mass is 16.5. The van der Waals surface area contributed by atoms with Crippen molar-refractivity contribution in [1.29, 1.82) is 0 Å². The number of carbonyl (C=O) groups excluding carboxylic acids is 3. The van der Waals surface area contributed by atoms with Crippen molar-refractivity contribution in [1.82, 2.24) is 20.9 Å². The van der Waals surface area contributed by atoms with E-state index in [1.54, 1.807) is 6.20 Å². The second-order valence-electron chi connectivity index (χ2n) is 7.55. The van der Waals surface area contributed by atoms with E-state index in [2.05, 4.69) is 20.9 Å². The summed E-state index contributed by atoms with van der Waals surface area (Å²) in [5.74, 6) is -1.08. The molecule has 3 amide bonds. The molecule has 0 fully saturated rings. The molecule has 0 aliphatic carbocycles. The quantitative estimate of drug-likeness (QED) is 0.414. The predicted octanol–water partition coefficient (Wildman–Crippen LogP) is 1.73. The van der Waals surface area contributed by atoms with Gasteiger partial charge in [0.15, 0.2) is 0 Å². The van der Waals surface area contributed by atoms with Gasteiger partial charge in [0, 0.05) is 31.7 Å². The van der Waals surface area contributed by atoms with E-state index < -0.39 is 11.9 Å². The van der Waals surface area contributed by atoms with Gasteiger partial charge in [-0.3, -0.25) is 19.4 Å². The maximum atomic E-state index is 12.7. The molecule has 0 spiro atoms. The predicted molar refractivity (Wildman–Crippen MR) is 125 cm³/mol. The summed E-state index contributed by atoms with van der Waals surface area (Å²) in [5.41, 5.74) is 2.73. The first-order valence-electron chi connectivity index (χ1n) is 10.8. The molecule has 0 saturated heterocycles. The molecule has 0 saturated carbocycles. The number of fused-ring (bicyclic) bond motifs is 1. The first kappa shape index (κ1) is 23.9. The number of aryl methyl sites for hydroxylation is 1. The van der Waals surface area contributed by atoms with Crippen LogP contribution in [0.25, 0.3) is 10.9 Å². The van der Waals surface area contributed by atoms with Gasteiger partial charge in [0.25, 0.3) is 0 Å². The van der Waals surface area contributed by atoms with E-state index in [0.717, 1.165) is 22.0 Å². The Morgan fingerprint density at radius 3 is 2.52 bits per heavy atom. The van der Waals surface area contributed by atoms with E-state index in [9.17, 15) is 14.4 Å². The van der Waals surface area contributed by atoms with Gasteiger partial charge in [0.1, 0.15) is 6.04 Å². The van der Waals surface area contributed by atoms with E-state index in [-0.39, 0.29) is 37.9 Å². The van der Waals surface area contributed by atoms with Crippen LogP contribution in [-0.4, -0.2) is 49.0 Å². The van der Waals surface area contributed by atoms with E-state index in [1.165, 1.54) is 7.11 Å². The van der Waals surface area contributed by atoms with Crippen molar-refractivity contribution in [2.45, 2.75) is 25.4 Å². The molecule has 172 valence electrons. The van der Waals surface area contributed by atoms with Crippen LogP contribution < -0.4 is 16.0 Å². The summed E-state index contributed by atoms with van der Waals surface area (Å²) >= 11 is 0. The molecule has 8 heteroatoms. The number of nitrogens with zero attached hydrogens (tertiary/aromatic N) is 1. The normalized spacial score (nSPS) is 11.5. The van der Waals surface area contributed by atoms with Crippen molar-refractivity contribution in [2.24, 2.45) is 0 Å². The average molecular weight is 449 g/mol. The fourth-order valence-corrected chi connectivity index (χ4v) is 3.38. The van der Waals surface area contributed by atoms with Crippen molar-refractivity contribution in [3.05, 3.63) is 78.0 Å². The summed E-state index contributed by atoms with van der Waals surface area (Å²) < 4.78 is 5.09. The number of pyridine rings is 1. The van der Waals surface area contributed by atoms with E-state index in [1.807, 2.05) is 60.7 Å². The standard InChI is InChI=1S/C25H28N4O4/c1-33-17-21(25(32)28-15-20-10-5-9-19-11-6-14-26-24(19)20)29-23(31)16-27-22(30)13-12-18-7-3-2-4-8-18/h2-11,14,21H,12-13,15-17H2,1H3,(H,27,30)(H,28,32)(H,29,31). The summed E-state index contributed by atoms with van der Waals surface area (Å²) in [6.45, 7) is 0.0567. The first-order valence-corrected chi connectivity index (χ1v) is 10.8. The summed E-state index contributed by atoms with van der Waals surface area (Å²) in [6.07, 6.45) is 2.57. The number of nitrogens with one attached hydrogen (secondary N) is 3. The van der Waals surface area contributed by atoms with Gasteiger partial charge in [-0.15, -0.1) is 0 Å². The van der Waals surface area contributed by atoms with Crippen LogP contribution in [0.1, 0.15) is 17.5 Å². The van der Waals surface area contributed by atoms with Crippen molar-refractivity contribution in [2.75, 3.05) is 20.3 Å². The van der Waals surface area contributed by atoms with Crippen LogP contribution in [0.2, 0.25) is 0 Å². The zero-order chi connectivity index (χ0) is 23.5. The van der Waals surface area contributed by atoms with Gasteiger partial charge in [0.05, 0.1) is 18.7 Å². The molecule has 0 bridgehead atoms. The van der Waals surface area contributed by atoms with Crippen LogP contribution >= 0.6 is 0 Å². The van der Waals surface area contributed by atoms with Gasteiger partial charge in [-0.05, 0) is 23.6 Å². The Balaban J connectivity index is 1.47. The number of carbonyl (C=O) groups is 3. The number of para-hydroxylation sites is 1. The maximum Gasteiger partial charge on any atom is 0.245 e. The second-order valence-corrected chi connectivity index (χ2v) is 7.55. The number of hydrogen-bond acceptors (Lipinski definition) is 5. The van der Waals surface area contributed by atoms with Crippen molar-refractivity contribution >= 4 is 28.6 Å². The number of hydrogen-bond donors (Lipinski definition) is 3. The molecule has 1 aromatic heterocycles. The fourth-order valence-electron chi connectivity index (χ4n) is 3.38. The molecule has 33 heavy (non-hydrogen) atoms. The van der Waals surface area contributed by atoms with Crippen LogP contribution in [-0.2, 0) is 32.1 Å². The number of benzene rings is 2. The molecular weight excluding hydrogens is 420 g/mol. The van der Waals surface area contributed by atoms with Gasteiger partial charge in [-0.2, -0.15) is 0 Å². The smallest absolute Gasteiger partial charge is 0.245 e. The molecule has 1 heterocycles. The molecule has 2 aromatic carbocycles. The van der Waals surface area contributed by atoms with Crippen molar-refractivity contribution < 1.29 is 19.1 Å². The summed E-state index contributed by atoms with van der Waals surface area (Å²) in [7, 11) is 1.45. The third-order valence-corrected chi connectivity index (χ3v) is 5.08. The molecule has 3 rings (SSSR count). The SMILES string of the molecule is COCC(NC(=O)CNC(=O)CCc1ccccc1)C(=O)NCc1cccc2cccnc12. The Kier molecular flexibility index (Phi) is 8.90. The van der Waals surface area contributed by atoms with Gasteiger partial charge < -0.3 is 20.7 Å². The lowest BCUT2D eigenvalue weighted by molar-refractivity contribution is -0.131. The number of ether oxygens (including phenoxy) is 1. The molecule has 0 aliphatic rings. The molecule has 0 aliphatic heterocycles. The van der Waals surface area contributed by atoms with Gasteiger partial charge in [-0.25, -0.2) is 0 Å². The van der Waals surface area contributed by atoms with Crippen molar-refractivity contribution in [3.8, 4) is 0 Å². The second kappa shape index (κ2) is 12.3. The van der Waals surface area contributed by atoms with Gasteiger partial charge >= 0.3 is 0 Å². The first-order chi connectivity index (χ1) is 16.1. The molecule has 1 atom stereocenters. The maximum absolute atomic E-state index is 12.7. The highest BCUT2D eigenvalue weighted by Crippen LogP contribution is 2.15. The van der Waals surface area contributed by atoms with Gasteiger partial charge in [-0.1, -0.05) is 54.6 Å². The van der Waals surface area contributed by atoms with E-state index >= 15 is 0 Å². The molecule has 0 radical (unpaired) electrons. The highest BCUT2D eigenvalue weighted by Gasteiger charge is 2.21. The Morgan fingerprint density at radius 2 is 1.73 bits per heavy atom. The molecule has 1 unspecified atom stereocenters. The lowest BCUT2D eigenvalue weighted by Gasteiger charge is -2.18. The Labute approximate surface area is 192 Å². The lowest BCUT2D eigenvalue weighted by atomic mass is 10.1. The zero-order valence-electron chi connectivity index (χ0n) is 18.5. The minimum absolute atomic E-state index is 0.00726. The van der Waals surface area contributed by atoms with Crippen molar-refractivity contribution in [3.63, 3.8) is 0 Å². The largest absolute Gasteiger partial charge is 0.382 e. The third kappa shape index (κ3) is 7.40. The topological polar surface area (TPSA) is 109 Å². The number of rotatable bonds is 11. The number of methoxy groups -OCH3 is 1. The van der Waals surface area contributed by atoms with E-state index in [4.69, 9.17) is 4.74 Å². The number of amides is 3. The minimum Gasteiger partial charge on any atom is -0.382 e. The van der Waals surface area contributed by atoms with E-state index in [0.29, 0.717) is 6.42 Å². The summed E-state index contributed by atoms with van der Waals surface area (Å²) in [5, 5.41) is 9.00. The van der Waals surface area contributed by atoms with Crippen LogP contribution in [0, 0.1) is 0 Å². The zero-order valence-corrected chi connectivity index (χ0v) is 18.5. The molecular formula is C25H28N4O4. The van der Waals surface area contributed by atoms with Gasteiger partial charge in [0.2, 0.25) is 17.7 Å². The molecule has 8 nitrogen and oxygen atoms in total. The summed E-state index contributed by atoms with van der Waals surface area (Å²) in [4.78, 5) is 41.4. The molecule has 3 aromatic rings. The van der Waals surface area contributed by atoms with Crippen LogP contribution in [0.4, 0.5) is 0 Å². The lowest BCUT2D eigenvalue weighted by Crippen LogP contribution is -2.51. The minimum atomic E-state index is -0.883. The van der Waals surface area contributed by atoms with Crippen LogP contribution in [0.15, 0.2) is 66.9 Å². The Morgan fingerprint density at radius 1 is 0.939 bits per heavy atom. The van der Waals surface area contributed by atoms with Crippen LogP contribution in [0.5, 0.6) is 0 Å². The van der Waals surface area contributed by atoms with Crippen LogP contribution in [0.3, 0.4) is 0 Å². The Hall–Kier alpha value is -3.78. The highest BCUT2D eigenvalue weighted by molar-refractivity contribution is 5.90. The average Bonchev–Trinajstić information content (AvgIpc) is 2.85. The number of aromatic nitrogens is 1. The molecule has 3 N–H and O–H groups in total. The summed E-state index contributed by atoms with van der Waals surface area (Å²) in [6, 6.07) is 18.3.